The van der Waals surface area contributed by atoms with Crippen LogP contribution in [0.3, 0.4) is 0 Å². The summed E-state index contributed by atoms with van der Waals surface area (Å²) in [6, 6.07) is 0.794. The van der Waals surface area contributed by atoms with Gasteiger partial charge in [-0.15, -0.1) is 0 Å². The van der Waals surface area contributed by atoms with E-state index < -0.39 is 11.6 Å². The zero-order valence-electron chi connectivity index (χ0n) is 11.3. The van der Waals surface area contributed by atoms with Gasteiger partial charge in [0.15, 0.2) is 17.5 Å². The van der Waals surface area contributed by atoms with Gasteiger partial charge in [0.2, 0.25) is 0 Å². The highest BCUT2D eigenvalue weighted by molar-refractivity contribution is 5.39. The van der Waals surface area contributed by atoms with Gasteiger partial charge >= 0.3 is 0 Å². The fourth-order valence-electron chi connectivity index (χ4n) is 1.73. The number of pyridine rings is 1. The largest absolute Gasteiger partial charge is 0.473 e. The second kappa shape index (κ2) is 6.52. The normalized spacial score (nSPS) is 12.6. The number of nitrogens with one attached hydrogen (secondary N) is 1. The van der Waals surface area contributed by atoms with Crippen LogP contribution in [0, 0.1) is 17.6 Å². The molecular weight excluding hydrogens is 238 g/mol. The van der Waals surface area contributed by atoms with E-state index in [1.54, 1.807) is 0 Å². The van der Waals surface area contributed by atoms with Gasteiger partial charge in [-0.05, 0) is 26.2 Å². The van der Waals surface area contributed by atoms with Crippen LogP contribution in [0.15, 0.2) is 6.07 Å². The van der Waals surface area contributed by atoms with Crippen LogP contribution < -0.4 is 10.1 Å². The van der Waals surface area contributed by atoms with E-state index in [1.807, 2.05) is 13.8 Å². The summed E-state index contributed by atoms with van der Waals surface area (Å²) < 4.78 is 32.3. The van der Waals surface area contributed by atoms with Crippen LogP contribution in [0.1, 0.15) is 34.1 Å². The van der Waals surface area contributed by atoms with Crippen molar-refractivity contribution < 1.29 is 13.5 Å². The van der Waals surface area contributed by atoms with E-state index in [4.69, 9.17) is 4.74 Å². The lowest BCUT2D eigenvalue weighted by Crippen LogP contribution is -2.17. The fraction of sp³-hybridized carbons (Fsp3) is 0.615. The van der Waals surface area contributed by atoms with Crippen LogP contribution in [0.25, 0.3) is 0 Å². The molecule has 5 heteroatoms. The molecule has 102 valence electrons. The number of halogens is 2. The van der Waals surface area contributed by atoms with Crippen molar-refractivity contribution in [1.29, 1.82) is 0 Å². The molecule has 0 saturated carbocycles. The molecule has 1 heterocycles. The first-order valence-corrected chi connectivity index (χ1v) is 6.20. The Morgan fingerprint density at radius 2 is 1.94 bits per heavy atom. The molecule has 1 rings (SSSR count). The van der Waals surface area contributed by atoms with E-state index in [2.05, 4.69) is 24.1 Å². The maximum atomic E-state index is 13.5. The topological polar surface area (TPSA) is 34.2 Å². The summed E-state index contributed by atoms with van der Waals surface area (Å²) in [4.78, 5) is 3.83. The van der Waals surface area contributed by atoms with Crippen LogP contribution in [0.5, 0.6) is 5.88 Å². The first-order valence-electron chi connectivity index (χ1n) is 6.20. The number of ether oxygens (including phenoxy) is 1. The Hall–Kier alpha value is -1.39. The maximum Gasteiger partial charge on any atom is 0.252 e. The Morgan fingerprint density at radius 1 is 1.28 bits per heavy atom. The van der Waals surface area contributed by atoms with E-state index in [1.165, 1.54) is 0 Å². The van der Waals surface area contributed by atoms with Gasteiger partial charge in [-0.3, -0.25) is 0 Å². The molecule has 1 aromatic rings. The Kier molecular flexibility index (Phi) is 5.31. The Morgan fingerprint density at radius 3 is 2.50 bits per heavy atom. The van der Waals surface area contributed by atoms with Crippen molar-refractivity contribution >= 4 is 5.82 Å². The van der Waals surface area contributed by atoms with Gasteiger partial charge in [0, 0.05) is 12.6 Å². The second-order valence-corrected chi connectivity index (χ2v) is 4.69. The monoisotopic (exact) mass is 258 g/mol. The van der Waals surface area contributed by atoms with Gasteiger partial charge in [-0.1, -0.05) is 13.8 Å². The van der Waals surface area contributed by atoms with E-state index in [0.29, 0.717) is 12.5 Å². The Balaban J connectivity index is 2.84. The highest BCUT2D eigenvalue weighted by Gasteiger charge is 2.15. The first-order chi connectivity index (χ1) is 8.43. The summed E-state index contributed by atoms with van der Waals surface area (Å²) in [5.74, 6) is -1.18. The van der Waals surface area contributed by atoms with Gasteiger partial charge < -0.3 is 10.1 Å². The summed E-state index contributed by atoms with van der Waals surface area (Å²) in [5, 5.41) is 2.72. The van der Waals surface area contributed by atoms with Crippen LogP contribution in [-0.2, 0) is 0 Å². The summed E-state index contributed by atoms with van der Waals surface area (Å²) >= 11 is 0. The molecule has 0 aliphatic carbocycles. The third kappa shape index (κ3) is 4.13. The lowest BCUT2D eigenvalue weighted by atomic mass is 10.1. The molecule has 1 N–H and O–H groups in total. The molecule has 1 atom stereocenters. The van der Waals surface area contributed by atoms with Crippen molar-refractivity contribution in [3.05, 3.63) is 17.7 Å². The first kappa shape index (κ1) is 14.7. The molecule has 0 spiro atoms. The molecule has 0 bridgehead atoms. The number of rotatable bonds is 6. The van der Waals surface area contributed by atoms with Crippen LogP contribution in [0.4, 0.5) is 14.6 Å². The Bertz CT molecular complexity index is 397. The molecule has 3 nitrogen and oxygen atoms in total. The van der Waals surface area contributed by atoms with Crippen LogP contribution in [-0.4, -0.2) is 17.6 Å². The van der Waals surface area contributed by atoms with Gasteiger partial charge in [-0.2, -0.15) is 4.98 Å². The van der Waals surface area contributed by atoms with Crippen molar-refractivity contribution in [2.45, 2.75) is 40.2 Å². The van der Waals surface area contributed by atoms with Crippen LogP contribution in [0.2, 0.25) is 0 Å². The van der Waals surface area contributed by atoms with Crippen molar-refractivity contribution in [3.8, 4) is 5.88 Å². The van der Waals surface area contributed by atoms with Gasteiger partial charge in [0.1, 0.15) is 0 Å². The second-order valence-electron chi connectivity index (χ2n) is 4.69. The molecule has 0 aliphatic heterocycles. The Labute approximate surface area is 107 Å². The molecule has 0 amide bonds. The zero-order chi connectivity index (χ0) is 13.7. The molecular formula is C13H20F2N2O. The molecule has 0 fully saturated rings. The zero-order valence-corrected chi connectivity index (χ0v) is 11.3. The van der Waals surface area contributed by atoms with Crippen molar-refractivity contribution in [2.75, 3.05) is 11.9 Å². The quantitative estimate of drug-likeness (QED) is 0.846. The standard InChI is InChI=1S/C13H20F2N2O/c1-5-16-12-10(14)7-11(15)13(17-12)18-9(4)6-8(2)3/h7-9H,5-6H2,1-4H3,(H,16,17). The lowest BCUT2D eigenvalue weighted by Gasteiger charge is -2.17. The summed E-state index contributed by atoms with van der Waals surface area (Å²) in [6.07, 6.45) is 0.626. The van der Waals surface area contributed by atoms with Crippen molar-refractivity contribution in [1.82, 2.24) is 4.98 Å². The van der Waals surface area contributed by atoms with E-state index in [-0.39, 0.29) is 17.8 Å². The molecule has 0 aliphatic rings. The highest BCUT2D eigenvalue weighted by atomic mass is 19.1. The smallest absolute Gasteiger partial charge is 0.252 e. The van der Waals surface area contributed by atoms with E-state index in [0.717, 1.165) is 12.5 Å². The van der Waals surface area contributed by atoms with Crippen LogP contribution >= 0.6 is 0 Å². The average Bonchev–Trinajstić information content (AvgIpc) is 2.24. The minimum Gasteiger partial charge on any atom is -0.473 e. The summed E-state index contributed by atoms with van der Waals surface area (Å²) in [6.45, 7) is 8.27. The van der Waals surface area contributed by atoms with Gasteiger partial charge in [0.05, 0.1) is 6.10 Å². The number of aromatic nitrogens is 1. The summed E-state index contributed by atoms with van der Waals surface area (Å²) in [7, 11) is 0. The SMILES string of the molecule is CCNc1nc(OC(C)CC(C)C)c(F)cc1F. The predicted molar refractivity (Wildman–Crippen MR) is 67.9 cm³/mol. The molecule has 1 aromatic heterocycles. The number of nitrogens with zero attached hydrogens (tertiary/aromatic N) is 1. The maximum absolute atomic E-state index is 13.5. The van der Waals surface area contributed by atoms with Gasteiger partial charge in [0.25, 0.3) is 5.88 Å². The number of hydrogen-bond donors (Lipinski definition) is 1. The van der Waals surface area contributed by atoms with Crippen molar-refractivity contribution in [2.24, 2.45) is 5.92 Å². The third-order valence-corrected chi connectivity index (χ3v) is 2.36. The highest BCUT2D eigenvalue weighted by Crippen LogP contribution is 2.22. The van der Waals surface area contributed by atoms with Gasteiger partial charge in [-0.25, -0.2) is 8.78 Å². The summed E-state index contributed by atoms with van der Waals surface area (Å²) in [5.41, 5.74) is 0. The molecule has 0 saturated heterocycles. The third-order valence-electron chi connectivity index (χ3n) is 2.36. The molecule has 0 radical (unpaired) electrons. The lowest BCUT2D eigenvalue weighted by molar-refractivity contribution is 0.177. The molecule has 18 heavy (non-hydrogen) atoms. The van der Waals surface area contributed by atoms with Crippen molar-refractivity contribution in [3.63, 3.8) is 0 Å². The fourth-order valence-corrected chi connectivity index (χ4v) is 1.73. The van der Waals surface area contributed by atoms with E-state index >= 15 is 0 Å². The predicted octanol–water partition coefficient (Wildman–Crippen LogP) is 3.61. The number of anilines is 1. The minimum absolute atomic E-state index is 0.0191. The average molecular weight is 258 g/mol. The van der Waals surface area contributed by atoms with E-state index in [9.17, 15) is 8.78 Å². The molecule has 0 aromatic carbocycles. The molecule has 1 unspecified atom stereocenters. The minimum atomic E-state index is -0.773. The number of hydrogen-bond acceptors (Lipinski definition) is 3.